The van der Waals surface area contributed by atoms with Crippen LogP contribution in [0.25, 0.3) is 0 Å². The van der Waals surface area contributed by atoms with Crippen LogP contribution in [0.4, 0.5) is 23.7 Å². The van der Waals surface area contributed by atoms with Crippen LogP contribution in [0, 0.1) is 0 Å². The fraction of sp³-hybridized carbons (Fsp3) is 0.125. The minimum atomic E-state index is -4.46. The van der Waals surface area contributed by atoms with E-state index >= 15 is 0 Å². The Bertz CT molecular complexity index is 380. The molecule has 0 atom stereocenters. The van der Waals surface area contributed by atoms with E-state index in [2.05, 4.69) is 12.8 Å². The zero-order chi connectivity index (χ0) is 11.6. The molecule has 0 unspecified atom stereocenters. The second-order valence-electron chi connectivity index (χ2n) is 2.70. The topological polar surface area (TPSA) is 46.3 Å². The maximum absolute atomic E-state index is 12.3. The number of halogens is 3. The van der Waals surface area contributed by atoms with E-state index in [0.717, 1.165) is 12.1 Å². The first-order valence-corrected chi connectivity index (χ1v) is 4.18. The van der Waals surface area contributed by atoms with Crippen molar-refractivity contribution in [3.63, 3.8) is 0 Å². The van der Waals surface area contributed by atoms with Crippen LogP contribution in [0.1, 0.15) is 5.56 Å². The number of amides is 2. The Balaban J connectivity index is 3.08. The molecule has 0 aliphatic carbocycles. The summed E-state index contributed by atoms with van der Waals surface area (Å²) in [5.41, 5.74) is 3.97. The van der Waals surface area contributed by atoms with E-state index in [0.29, 0.717) is 4.31 Å². The van der Waals surface area contributed by atoms with Gasteiger partial charge in [-0.05, 0) is 18.2 Å². The molecule has 1 aromatic rings. The molecule has 0 radical (unpaired) electrons. The lowest BCUT2D eigenvalue weighted by Crippen LogP contribution is -2.27. The van der Waals surface area contributed by atoms with Crippen molar-refractivity contribution in [3.8, 4) is 0 Å². The number of urea groups is 1. The quantitative estimate of drug-likeness (QED) is 0.723. The Hall–Kier alpha value is -1.37. The van der Waals surface area contributed by atoms with Crippen LogP contribution in [0.3, 0.4) is 0 Å². The van der Waals surface area contributed by atoms with Gasteiger partial charge in [0.25, 0.3) is 0 Å². The van der Waals surface area contributed by atoms with Gasteiger partial charge in [0.15, 0.2) is 0 Å². The van der Waals surface area contributed by atoms with Crippen molar-refractivity contribution >= 4 is 24.5 Å². The fourth-order valence-corrected chi connectivity index (χ4v) is 1.07. The van der Waals surface area contributed by atoms with Gasteiger partial charge in [0.2, 0.25) is 0 Å². The van der Waals surface area contributed by atoms with E-state index in [1.165, 1.54) is 12.1 Å². The van der Waals surface area contributed by atoms with Crippen molar-refractivity contribution in [2.24, 2.45) is 5.73 Å². The zero-order valence-corrected chi connectivity index (χ0v) is 8.22. The fourth-order valence-electron chi connectivity index (χ4n) is 0.941. The van der Waals surface area contributed by atoms with Gasteiger partial charge in [-0.2, -0.15) is 13.2 Å². The molecule has 82 valence electrons. The Morgan fingerprint density at radius 2 is 2.00 bits per heavy atom. The maximum Gasteiger partial charge on any atom is 0.416 e. The van der Waals surface area contributed by atoms with Crippen LogP contribution in [0.5, 0.6) is 0 Å². The standard InChI is InChI=1S/C8H7F3N2OS/c9-8(10,11)5-2-1-3-6(4-5)13(15)7(12)14/h1-4,15H,(H2,12,14). The number of hydrogen-bond acceptors (Lipinski definition) is 2. The SMILES string of the molecule is NC(=O)N(S)c1cccc(C(F)(F)F)c1. The summed E-state index contributed by atoms with van der Waals surface area (Å²) in [5, 5.41) is 0. The summed E-state index contributed by atoms with van der Waals surface area (Å²) < 4.78 is 37.5. The second kappa shape index (κ2) is 4.01. The first-order valence-electron chi connectivity index (χ1n) is 3.78. The van der Waals surface area contributed by atoms with Gasteiger partial charge >= 0.3 is 12.2 Å². The van der Waals surface area contributed by atoms with Gasteiger partial charge < -0.3 is 5.73 Å². The maximum atomic E-state index is 12.3. The average molecular weight is 236 g/mol. The van der Waals surface area contributed by atoms with Gasteiger partial charge in [0.05, 0.1) is 11.3 Å². The number of primary amides is 1. The van der Waals surface area contributed by atoms with Crippen LogP contribution in [0.2, 0.25) is 0 Å². The number of carbonyl (C=O) groups excluding carboxylic acids is 1. The second-order valence-corrected chi connectivity index (χ2v) is 3.10. The molecule has 0 aliphatic rings. The number of carbonyl (C=O) groups is 1. The number of nitrogens with two attached hydrogens (primary N) is 1. The number of rotatable bonds is 1. The Labute approximate surface area is 89.2 Å². The van der Waals surface area contributed by atoms with Crippen LogP contribution < -0.4 is 10.0 Å². The largest absolute Gasteiger partial charge is 0.416 e. The summed E-state index contributed by atoms with van der Waals surface area (Å²) in [6, 6.07) is 3.21. The minimum absolute atomic E-state index is 0.0272. The first kappa shape index (κ1) is 11.7. The lowest BCUT2D eigenvalue weighted by atomic mass is 10.2. The van der Waals surface area contributed by atoms with Gasteiger partial charge in [0, 0.05) is 0 Å². The summed E-state index contributed by atoms with van der Waals surface area (Å²) in [7, 11) is 0. The lowest BCUT2D eigenvalue weighted by Gasteiger charge is -2.14. The Morgan fingerprint density at radius 3 is 2.47 bits per heavy atom. The molecule has 1 rings (SSSR count). The molecular formula is C8H7F3N2OS. The molecule has 0 heterocycles. The minimum Gasteiger partial charge on any atom is -0.350 e. The highest BCUT2D eigenvalue weighted by atomic mass is 32.1. The smallest absolute Gasteiger partial charge is 0.350 e. The van der Waals surface area contributed by atoms with Crippen LogP contribution in [0.15, 0.2) is 24.3 Å². The summed E-state index contributed by atoms with van der Waals surface area (Å²) in [4.78, 5) is 10.7. The number of anilines is 1. The predicted octanol–water partition coefficient (Wildman–Crippen LogP) is 2.44. The highest BCUT2D eigenvalue weighted by Crippen LogP contribution is 2.31. The zero-order valence-electron chi connectivity index (χ0n) is 7.32. The molecule has 0 spiro atoms. The van der Waals surface area contributed by atoms with E-state index in [4.69, 9.17) is 5.73 Å². The highest BCUT2D eigenvalue weighted by Gasteiger charge is 2.30. The van der Waals surface area contributed by atoms with E-state index in [-0.39, 0.29) is 5.69 Å². The number of thiol groups is 1. The molecule has 1 aromatic carbocycles. The van der Waals surface area contributed by atoms with Gasteiger partial charge in [-0.3, -0.25) is 0 Å². The van der Waals surface area contributed by atoms with Gasteiger partial charge in [-0.25, -0.2) is 9.10 Å². The molecule has 15 heavy (non-hydrogen) atoms. The highest BCUT2D eigenvalue weighted by molar-refractivity contribution is 7.82. The lowest BCUT2D eigenvalue weighted by molar-refractivity contribution is -0.137. The first-order chi connectivity index (χ1) is 6.82. The summed E-state index contributed by atoms with van der Waals surface area (Å²) >= 11 is 3.65. The molecule has 0 saturated heterocycles. The van der Waals surface area contributed by atoms with Gasteiger partial charge in [0.1, 0.15) is 0 Å². The summed E-state index contributed by atoms with van der Waals surface area (Å²) in [6.45, 7) is 0. The third-order valence-corrected chi connectivity index (χ3v) is 2.05. The van der Waals surface area contributed by atoms with E-state index in [9.17, 15) is 18.0 Å². The number of hydrogen-bond donors (Lipinski definition) is 2. The molecule has 3 nitrogen and oxygen atoms in total. The molecule has 0 aliphatic heterocycles. The molecule has 0 aromatic heterocycles. The molecular weight excluding hydrogens is 229 g/mol. The summed E-state index contributed by atoms with van der Waals surface area (Å²) in [5.74, 6) is 0. The van der Waals surface area contributed by atoms with E-state index < -0.39 is 17.8 Å². The molecule has 0 bridgehead atoms. The Morgan fingerprint density at radius 1 is 1.40 bits per heavy atom. The van der Waals surface area contributed by atoms with Crippen LogP contribution >= 0.6 is 12.8 Å². The van der Waals surface area contributed by atoms with Crippen molar-refractivity contribution < 1.29 is 18.0 Å². The molecule has 2 N–H and O–H groups in total. The third-order valence-electron chi connectivity index (χ3n) is 1.63. The summed E-state index contributed by atoms with van der Waals surface area (Å²) in [6.07, 6.45) is -4.46. The molecule has 0 fully saturated rings. The molecule has 0 saturated carbocycles. The van der Waals surface area contributed by atoms with Crippen molar-refractivity contribution in [1.29, 1.82) is 0 Å². The van der Waals surface area contributed by atoms with E-state index in [1.807, 2.05) is 0 Å². The Kier molecular flexibility index (Phi) is 3.13. The van der Waals surface area contributed by atoms with Crippen molar-refractivity contribution in [2.45, 2.75) is 6.18 Å². The third kappa shape index (κ3) is 2.79. The van der Waals surface area contributed by atoms with Gasteiger partial charge in [-0.1, -0.05) is 18.9 Å². The predicted molar refractivity (Wildman–Crippen MR) is 52.5 cm³/mol. The van der Waals surface area contributed by atoms with Crippen LogP contribution in [-0.2, 0) is 6.18 Å². The van der Waals surface area contributed by atoms with E-state index in [1.54, 1.807) is 0 Å². The van der Waals surface area contributed by atoms with Crippen molar-refractivity contribution in [2.75, 3.05) is 4.31 Å². The van der Waals surface area contributed by atoms with Gasteiger partial charge in [-0.15, -0.1) is 0 Å². The number of benzene rings is 1. The molecule has 2 amide bonds. The molecule has 7 heteroatoms. The normalized spacial score (nSPS) is 11.2. The number of nitrogens with zero attached hydrogens (tertiary/aromatic N) is 1. The monoisotopic (exact) mass is 236 g/mol. The average Bonchev–Trinajstić information content (AvgIpc) is 2.15. The van der Waals surface area contributed by atoms with Crippen molar-refractivity contribution in [3.05, 3.63) is 29.8 Å². The van der Waals surface area contributed by atoms with Crippen molar-refractivity contribution in [1.82, 2.24) is 0 Å². The van der Waals surface area contributed by atoms with Crippen LogP contribution in [-0.4, -0.2) is 6.03 Å². The number of alkyl halides is 3.